The average molecular weight is 358 g/mol. The molecule has 1 N–H and O–H groups in total. The van der Waals surface area contributed by atoms with E-state index in [1.807, 2.05) is 0 Å². The fraction of sp³-hybridized carbons (Fsp3) is 0.368. The Bertz CT molecular complexity index is 917. The van der Waals surface area contributed by atoms with Gasteiger partial charge in [0.25, 0.3) is 0 Å². The van der Waals surface area contributed by atoms with Crippen molar-refractivity contribution in [3.8, 4) is 0 Å². The summed E-state index contributed by atoms with van der Waals surface area (Å²) in [5.74, 6) is 0.840. The minimum Gasteiger partial charge on any atom is -0.340 e. The van der Waals surface area contributed by atoms with E-state index in [4.69, 9.17) is 11.6 Å². The molecule has 1 aliphatic carbocycles. The molecule has 124 valence electrons. The predicted molar refractivity (Wildman–Crippen MR) is 103 cm³/mol. The first-order chi connectivity index (χ1) is 11.6. The van der Waals surface area contributed by atoms with Crippen LogP contribution in [0.3, 0.4) is 0 Å². The van der Waals surface area contributed by atoms with Gasteiger partial charge in [0.15, 0.2) is 0 Å². The molecule has 0 saturated carbocycles. The maximum Gasteiger partial charge on any atom is 0.225 e. The Hall–Kier alpha value is -1.65. The molecule has 0 fully saturated rings. The summed E-state index contributed by atoms with van der Waals surface area (Å²) in [5.41, 5.74) is 5.02. The first kappa shape index (κ1) is 15.9. The normalized spacial score (nSPS) is 14.5. The van der Waals surface area contributed by atoms with Crippen molar-refractivity contribution in [3.05, 3.63) is 45.1 Å². The Morgan fingerprint density at radius 3 is 2.71 bits per heavy atom. The molecule has 5 heteroatoms. The number of halogens is 1. The number of rotatable bonds is 2. The highest BCUT2D eigenvalue weighted by Gasteiger charge is 2.20. The van der Waals surface area contributed by atoms with Crippen LogP contribution in [-0.2, 0) is 12.8 Å². The van der Waals surface area contributed by atoms with E-state index in [1.54, 1.807) is 11.3 Å². The first-order valence-corrected chi connectivity index (χ1v) is 9.63. The smallest absolute Gasteiger partial charge is 0.225 e. The standard InChI is InChI=1S/C19H20ClN3S/c1-11-8-9-13(10-12(11)2)21-17-16-14-6-4-3-5-7-15(14)24-18(16)23-19(20)22-17/h8-10H,3-7H2,1-2H3,(H,21,22,23). The molecule has 0 amide bonds. The summed E-state index contributed by atoms with van der Waals surface area (Å²) >= 11 is 7.97. The largest absolute Gasteiger partial charge is 0.340 e. The second kappa shape index (κ2) is 6.34. The maximum atomic E-state index is 6.19. The number of hydrogen-bond acceptors (Lipinski definition) is 4. The molecule has 1 aromatic carbocycles. The quantitative estimate of drug-likeness (QED) is 0.453. The maximum absolute atomic E-state index is 6.19. The summed E-state index contributed by atoms with van der Waals surface area (Å²) in [6.45, 7) is 4.25. The topological polar surface area (TPSA) is 37.8 Å². The van der Waals surface area contributed by atoms with Crippen molar-refractivity contribution in [3.63, 3.8) is 0 Å². The second-order valence-corrected chi connectivity index (χ2v) is 7.93. The average Bonchev–Trinajstić information content (AvgIpc) is 2.73. The van der Waals surface area contributed by atoms with Gasteiger partial charge < -0.3 is 5.32 Å². The van der Waals surface area contributed by atoms with Crippen LogP contribution in [0.1, 0.15) is 40.8 Å². The highest BCUT2D eigenvalue weighted by Crippen LogP contribution is 2.39. The second-order valence-electron chi connectivity index (χ2n) is 6.51. The third kappa shape index (κ3) is 2.89. The molecule has 0 saturated heterocycles. The third-order valence-corrected chi connectivity index (χ3v) is 6.16. The monoisotopic (exact) mass is 357 g/mol. The Balaban J connectivity index is 1.84. The Kier molecular flexibility index (Phi) is 4.19. The van der Waals surface area contributed by atoms with E-state index in [9.17, 15) is 0 Å². The zero-order valence-corrected chi connectivity index (χ0v) is 15.5. The molecule has 24 heavy (non-hydrogen) atoms. The molecule has 0 unspecified atom stereocenters. The highest BCUT2D eigenvalue weighted by atomic mass is 35.5. The van der Waals surface area contributed by atoms with Crippen molar-refractivity contribution in [1.29, 1.82) is 0 Å². The summed E-state index contributed by atoms with van der Waals surface area (Å²) in [5, 5.41) is 4.96. The summed E-state index contributed by atoms with van der Waals surface area (Å²) in [6, 6.07) is 6.38. The van der Waals surface area contributed by atoms with Crippen LogP contribution in [0.4, 0.5) is 11.5 Å². The van der Waals surface area contributed by atoms with Gasteiger partial charge in [-0.2, -0.15) is 4.98 Å². The van der Waals surface area contributed by atoms with Crippen LogP contribution in [0, 0.1) is 13.8 Å². The molecule has 3 nitrogen and oxygen atoms in total. The van der Waals surface area contributed by atoms with Crippen LogP contribution in [0.5, 0.6) is 0 Å². The van der Waals surface area contributed by atoms with Crippen LogP contribution in [-0.4, -0.2) is 9.97 Å². The zero-order chi connectivity index (χ0) is 16.7. The number of nitrogens with one attached hydrogen (secondary N) is 1. The van der Waals surface area contributed by atoms with Crippen LogP contribution < -0.4 is 5.32 Å². The van der Waals surface area contributed by atoms with E-state index in [1.165, 1.54) is 46.2 Å². The highest BCUT2D eigenvalue weighted by molar-refractivity contribution is 7.19. The Morgan fingerprint density at radius 1 is 1.04 bits per heavy atom. The molecule has 0 atom stereocenters. The van der Waals surface area contributed by atoms with Crippen LogP contribution >= 0.6 is 22.9 Å². The van der Waals surface area contributed by atoms with Gasteiger partial charge in [0, 0.05) is 10.6 Å². The van der Waals surface area contributed by atoms with Gasteiger partial charge in [-0.25, -0.2) is 4.98 Å². The Labute approximate surface area is 151 Å². The van der Waals surface area contributed by atoms with Gasteiger partial charge in [0.05, 0.1) is 5.39 Å². The van der Waals surface area contributed by atoms with E-state index in [-0.39, 0.29) is 0 Å². The predicted octanol–water partition coefficient (Wildman–Crippen LogP) is 5.97. The summed E-state index contributed by atoms with van der Waals surface area (Å²) < 4.78 is 0. The molecule has 1 aliphatic rings. The van der Waals surface area contributed by atoms with Gasteiger partial charge in [-0.05, 0) is 80.0 Å². The van der Waals surface area contributed by atoms with E-state index < -0.39 is 0 Å². The molecule has 2 aromatic heterocycles. The van der Waals surface area contributed by atoms with Gasteiger partial charge in [0.2, 0.25) is 5.28 Å². The van der Waals surface area contributed by atoms with E-state index in [0.717, 1.165) is 29.2 Å². The fourth-order valence-electron chi connectivity index (χ4n) is 3.35. The van der Waals surface area contributed by atoms with Crippen molar-refractivity contribution in [2.45, 2.75) is 46.0 Å². The molecule has 3 aromatic rings. The molecule has 0 spiro atoms. The van der Waals surface area contributed by atoms with Crippen LogP contribution in [0.25, 0.3) is 10.2 Å². The molecule has 4 rings (SSSR count). The molecule has 0 bridgehead atoms. The first-order valence-electron chi connectivity index (χ1n) is 8.44. The molecule has 0 aliphatic heterocycles. The number of aryl methyl sites for hydroxylation is 4. The fourth-order valence-corrected chi connectivity index (χ4v) is 4.83. The molecular formula is C19H20ClN3S. The lowest BCUT2D eigenvalue weighted by molar-refractivity contribution is 0.713. The van der Waals surface area contributed by atoms with Gasteiger partial charge in [0.1, 0.15) is 10.6 Å². The Morgan fingerprint density at radius 2 is 1.88 bits per heavy atom. The third-order valence-electron chi connectivity index (χ3n) is 4.81. The van der Waals surface area contributed by atoms with Crippen molar-refractivity contribution in [2.75, 3.05) is 5.32 Å². The van der Waals surface area contributed by atoms with E-state index in [0.29, 0.717) is 5.28 Å². The number of anilines is 2. The SMILES string of the molecule is Cc1ccc(Nc2nc(Cl)nc3sc4c(c23)CCCCC4)cc1C. The number of aromatic nitrogens is 2. The van der Waals surface area contributed by atoms with Crippen molar-refractivity contribution < 1.29 is 0 Å². The van der Waals surface area contributed by atoms with Gasteiger partial charge in [-0.3, -0.25) is 0 Å². The summed E-state index contributed by atoms with van der Waals surface area (Å²) in [6.07, 6.45) is 6.07. The number of hydrogen-bond donors (Lipinski definition) is 1. The minimum absolute atomic E-state index is 0.310. The van der Waals surface area contributed by atoms with Crippen LogP contribution in [0.2, 0.25) is 5.28 Å². The lowest BCUT2D eigenvalue weighted by atomic mass is 10.1. The summed E-state index contributed by atoms with van der Waals surface area (Å²) in [7, 11) is 0. The number of nitrogens with zero attached hydrogens (tertiary/aromatic N) is 2. The molecule has 2 heterocycles. The van der Waals surface area contributed by atoms with Gasteiger partial charge >= 0.3 is 0 Å². The van der Waals surface area contributed by atoms with Gasteiger partial charge in [-0.1, -0.05) is 12.5 Å². The van der Waals surface area contributed by atoms with Crippen LogP contribution in [0.15, 0.2) is 18.2 Å². The molecular weight excluding hydrogens is 338 g/mol. The van der Waals surface area contributed by atoms with Crippen molar-refractivity contribution in [2.24, 2.45) is 0 Å². The van der Waals surface area contributed by atoms with E-state index >= 15 is 0 Å². The van der Waals surface area contributed by atoms with Crippen molar-refractivity contribution in [1.82, 2.24) is 9.97 Å². The molecule has 0 radical (unpaired) electrons. The zero-order valence-electron chi connectivity index (χ0n) is 13.9. The van der Waals surface area contributed by atoms with Gasteiger partial charge in [-0.15, -0.1) is 11.3 Å². The minimum atomic E-state index is 0.310. The number of fused-ring (bicyclic) bond motifs is 3. The number of benzene rings is 1. The number of thiophene rings is 1. The lowest BCUT2D eigenvalue weighted by Gasteiger charge is -2.10. The van der Waals surface area contributed by atoms with E-state index in [2.05, 4.69) is 47.3 Å². The lowest BCUT2D eigenvalue weighted by Crippen LogP contribution is -1.98. The summed E-state index contributed by atoms with van der Waals surface area (Å²) in [4.78, 5) is 11.5. The van der Waals surface area contributed by atoms with Crippen molar-refractivity contribution >= 4 is 44.7 Å².